The lowest BCUT2D eigenvalue weighted by Gasteiger charge is -2.19. The number of aromatic nitrogens is 1. The van der Waals surface area contributed by atoms with Crippen LogP contribution in [0.4, 0.5) is 0 Å². The summed E-state index contributed by atoms with van der Waals surface area (Å²) in [6.45, 7) is 6.49. The number of hydrogen-bond acceptors (Lipinski definition) is 4. The van der Waals surface area contributed by atoms with Crippen LogP contribution in [0.3, 0.4) is 0 Å². The molecule has 0 aliphatic carbocycles. The number of carbonyl (C=O) groups is 1. The van der Waals surface area contributed by atoms with Gasteiger partial charge < -0.3 is 4.74 Å². The maximum absolute atomic E-state index is 12.7. The Kier molecular flexibility index (Phi) is 6.47. The Morgan fingerprint density at radius 2 is 2.15 bits per heavy atom. The van der Waals surface area contributed by atoms with E-state index in [1.165, 1.54) is 24.7 Å². The molecule has 2 rings (SSSR count). The lowest BCUT2D eigenvalue weighted by atomic mass is 10.1. The van der Waals surface area contributed by atoms with E-state index in [0.717, 1.165) is 5.56 Å². The lowest BCUT2D eigenvalue weighted by Crippen LogP contribution is -2.18. The Hall–Kier alpha value is -2.28. The van der Waals surface area contributed by atoms with E-state index in [1.54, 1.807) is 12.1 Å². The summed E-state index contributed by atoms with van der Waals surface area (Å²) < 4.78 is 7.84. The number of azide groups is 1. The van der Waals surface area contributed by atoms with Crippen molar-refractivity contribution in [2.45, 2.75) is 32.7 Å². The Morgan fingerprint density at radius 1 is 1.42 bits per heavy atom. The summed E-state index contributed by atoms with van der Waals surface area (Å²) in [5, 5.41) is 4.00. The predicted molar refractivity (Wildman–Crippen MR) is 103 cm³/mol. The van der Waals surface area contributed by atoms with E-state index in [9.17, 15) is 4.79 Å². The fourth-order valence-electron chi connectivity index (χ4n) is 2.18. The molecule has 0 N–H and O–H groups in total. The van der Waals surface area contributed by atoms with Gasteiger partial charge in [-0.1, -0.05) is 16.7 Å². The summed E-state index contributed by atoms with van der Waals surface area (Å²) in [4.78, 5) is 19.7. The minimum absolute atomic E-state index is 0.150. The molecule has 0 spiro atoms. The van der Waals surface area contributed by atoms with Gasteiger partial charge in [-0.05, 0) is 62.5 Å². The zero-order valence-corrected chi connectivity index (χ0v) is 16.6. The normalized spacial score (nSPS) is 12.0. The fraction of sp³-hybridized carbons (Fsp3) is 0.412. The second-order valence-electron chi connectivity index (χ2n) is 6.51. The second-order valence-corrected chi connectivity index (χ2v) is 7.91. The number of rotatable bonds is 5. The lowest BCUT2D eigenvalue weighted by molar-refractivity contribution is 0.0996. The van der Waals surface area contributed by atoms with E-state index in [-0.39, 0.29) is 5.54 Å². The molecular weight excluding hydrogens is 374 g/mol. The molecule has 0 radical (unpaired) electrons. The number of methoxy groups -OCH3 is 1. The van der Waals surface area contributed by atoms with Gasteiger partial charge in [-0.3, -0.25) is 8.75 Å². The first kappa shape index (κ1) is 20.0. The molecule has 1 aromatic carbocycles. The summed E-state index contributed by atoms with van der Waals surface area (Å²) >= 11 is 7.39. The molecular formula is C17H20ClN5O2S. The summed E-state index contributed by atoms with van der Waals surface area (Å²) in [6.07, 6.45) is 2.45. The molecule has 7 nitrogen and oxygen atoms in total. The number of benzene rings is 1. The van der Waals surface area contributed by atoms with Gasteiger partial charge in [-0.15, -0.1) is 0 Å². The van der Waals surface area contributed by atoms with Crippen LogP contribution >= 0.6 is 23.1 Å². The van der Waals surface area contributed by atoms with Crippen molar-refractivity contribution in [2.75, 3.05) is 13.7 Å². The van der Waals surface area contributed by atoms with E-state index >= 15 is 0 Å². The average Bonchev–Trinajstić information content (AvgIpc) is 2.98. The van der Waals surface area contributed by atoms with Gasteiger partial charge in [0.15, 0.2) is 0 Å². The minimum atomic E-state index is -0.433. The van der Waals surface area contributed by atoms with Crippen LogP contribution in [0.25, 0.3) is 10.4 Å². The highest BCUT2D eigenvalue weighted by Gasteiger charge is 2.17. The number of nitrogens with zero attached hydrogens (tertiary/aromatic N) is 5. The molecule has 0 saturated carbocycles. The summed E-state index contributed by atoms with van der Waals surface area (Å²) in [7, 11) is 1.49. The molecule has 0 atom stereocenters. The highest BCUT2D eigenvalue weighted by atomic mass is 35.5. The molecule has 138 valence electrons. The number of carbonyl (C=O) groups excluding carboxylic acids is 1. The monoisotopic (exact) mass is 393 g/mol. The highest BCUT2D eigenvalue weighted by Crippen LogP contribution is 2.23. The molecule has 0 fully saturated rings. The van der Waals surface area contributed by atoms with Crippen molar-refractivity contribution in [3.05, 3.63) is 55.7 Å². The third-order valence-electron chi connectivity index (χ3n) is 3.53. The van der Waals surface area contributed by atoms with Gasteiger partial charge in [0.1, 0.15) is 10.4 Å². The Labute approximate surface area is 160 Å². The maximum atomic E-state index is 12.7. The van der Waals surface area contributed by atoms with Crippen molar-refractivity contribution in [1.29, 1.82) is 0 Å². The Bertz CT molecular complexity index is 920. The van der Waals surface area contributed by atoms with Crippen LogP contribution in [0.2, 0.25) is 5.02 Å². The van der Waals surface area contributed by atoms with Crippen molar-refractivity contribution in [3.63, 3.8) is 0 Å². The molecule has 0 saturated heterocycles. The quantitative estimate of drug-likeness (QED) is 0.423. The van der Waals surface area contributed by atoms with Crippen LogP contribution in [0.1, 0.15) is 36.7 Å². The molecule has 2 aromatic rings. The first-order valence-electron chi connectivity index (χ1n) is 7.92. The van der Waals surface area contributed by atoms with Gasteiger partial charge in [-0.25, -0.2) is 0 Å². The van der Waals surface area contributed by atoms with Gasteiger partial charge in [0.2, 0.25) is 0 Å². The fourth-order valence-corrected chi connectivity index (χ4v) is 3.39. The van der Waals surface area contributed by atoms with Crippen molar-refractivity contribution in [2.24, 2.45) is 10.1 Å². The summed E-state index contributed by atoms with van der Waals surface area (Å²) in [6, 6.07) is 4.83. The molecule has 0 bridgehead atoms. The van der Waals surface area contributed by atoms with Gasteiger partial charge in [-0.2, -0.15) is 4.99 Å². The van der Waals surface area contributed by atoms with E-state index < -0.39 is 5.91 Å². The van der Waals surface area contributed by atoms with Crippen LogP contribution in [-0.2, 0) is 12.0 Å². The average molecular weight is 394 g/mol. The molecule has 0 aliphatic heterocycles. The standard InChI is InChI=1S/C17H20ClN5O2S/c1-17(2,3)23-10-11(7-8-20-22-19)16(26-23)21-15(24)13-9-12(18)5-6-14(13)25-4/h5-6,9-10H,7-8H2,1-4H3. The van der Waals surface area contributed by atoms with Crippen LogP contribution in [0, 0.1) is 0 Å². The van der Waals surface area contributed by atoms with Crippen LogP contribution < -0.4 is 9.41 Å². The zero-order valence-electron chi connectivity index (χ0n) is 15.1. The van der Waals surface area contributed by atoms with Crippen LogP contribution in [-0.4, -0.2) is 23.5 Å². The second kappa shape index (κ2) is 8.40. The smallest absolute Gasteiger partial charge is 0.282 e. The number of amides is 1. The van der Waals surface area contributed by atoms with E-state index in [2.05, 4.69) is 35.8 Å². The van der Waals surface area contributed by atoms with Crippen molar-refractivity contribution < 1.29 is 9.53 Å². The minimum Gasteiger partial charge on any atom is -0.496 e. The maximum Gasteiger partial charge on any atom is 0.282 e. The van der Waals surface area contributed by atoms with Crippen molar-refractivity contribution in [3.8, 4) is 5.75 Å². The van der Waals surface area contributed by atoms with Crippen molar-refractivity contribution >= 4 is 29.0 Å². The largest absolute Gasteiger partial charge is 0.496 e. The molecule has 1 amide bonds. The zero-order chi connectivity index (χ0) is 19.3. The molecule has 26 heavy (non-hydrogen) atoms. The van der Waals surface area contributed by atoms with Crippen LogP contribution in [0.5, 0.6) is 5.75 Å². The van der Waals surface area contributed by atoms with Crippen molar-refractivity contribution in [1.82, 2.24) is 3.96 Å². The molecule has 0 unspecified atom stereocenters. The third-order valence-corrected chi connectivity index (χ3v) is 5.14. The summed E-state index contributed by atoms with van der Waals surface area (Å²) in [5.41, 5.74) is 9.48. The first-order chi connectivity index (χ1) is 12.3. The number of ether oxygens (including phenoxy) is 1. The number of hydrogen-bond donors (Lipinski definition) is 0. The molecule has 9 heteroatoms. The number of halogens is 1. The molecule has 1 aromatic heterocycles. The Morgan fingerprint density at radius 3 is 2.77 bits per heavy atom. The van der Waals surface area contributed by atoms with E-state index in [1.807, 2.05) is 10.2 Å². The highest BCUT2D eigenvalue weighted by molar-refractivity contribution is 7.04. The predicted octanol–water partition coefficient (Wildman–Crippen LogP) is 4.56. The first-order valence-corrected chi connectivity index (χ1v) is 9.07. The van der Waals surface area contributed by atoms with Gasteiger partial charge in [0, 0.05) is 33.8 Å². The van der Waals surface area contributed by atoms with Gasteiger partial charge >= 0.3 is 0 Å². The SMILES string of the molecule is COc1ccc(Cl)cc1C(=O)N=c1sn(C(C)(C)C)cc1CCN=[N+]=[N-]. The molecule has 1 heterocycles. The van der Waals surface area contributed by atoms with Gasteiger partial charge in [0.05, 0.1) is 12.7 Å². The molecule has 0 aliphatic rings. The van der Waals surface area contributed by atoms with Gasteiger partial charge in [0.25, 0.3) is 5.91 Å². The topological polar surface area (TPSA) is 92.3 Å². The van der Waals surface area contributed by atoms with E-state index in [0.29, 0.717) is 34.0 Å². The Balaban J connectivity index is 2.51. The summed E-state index contributed by atoms with van der Waals surface area (Å²) in [5.74, 6) is -0.0173. The van der Waals surface area contributed by atoms with E-state index in [4.69, 9.17) is 21.9 Å². The van der Waals surface area contributed by atoms with Crippen LogP contribution in [0.15, 0.2) is 34.5 Å². The third kappa shape index (κ3) is 4.88.